The molecular formula is C23H23NO3. The van der Waals surface area contributed by atoms with Gasteiger partial charge >= 0.3 is 5.97 Å². The normalized spacial score (nSPS) is 25.5. The molecule has 0 spiro atoms. The van der Waals surface area contributed by atoms with E-state index in [0.717, 1.165) is 17.5 Å². The highest BCUT2D eigenvalue weighted by atomic mass is 16.4. The maximum absolute atomic E-state index is 13.5. The van der Waals surface area contributed by atoms with Crippen LogP contribution in [0.2, 0.25) is 0 Å². The Bertz CT molecular complexity index is 805. The number of carboxylic acids is 1. The van der Waals surface area contributed by atoms with E-state index >= 15 is 0 Å². The summed E-state index contributed by atoms with van der Waals surface area (Å²) in [4.78, 5) is 27.1. The molecule has 138 valence electrons. The third kappa shape index (κ3) is 3.52. The number of nitrogens with zero attached hydrogens (tertiary/aromatic N) is 1. The molecule has 1 saturated carbocycles. The first kappa shape index (κ1) is 17.5. The standard InChI is InChI=1S/C23H23NO3/c25-22(20-18-11-12-19(13-18)21(20)23(26)27)24(14-16-7-3-1-4-8-16)15-17-9-5-2-6-10-17/h1-12,18-21H,13-15H2,(H,26,27)/t18-,19+,20+,21+/m0/s1. The van der Waals surface area contributed by atoms with Gasteiger partial charge in [-0.3, -0.25) is 9.59 Å². The van der Waals surface area contributed by atoms with Gasteiger partial charge in [-0.25, -0.2) is 0 Å². The van der Waals surface area contributed by atoms with Crippen LogP contribution in [0.3, 0.4) is 0 Å². The molecule has 1 N–H and O–H groups in total. The molecule has 2 aromatic rings. The quantitative estimate of drug-likeness (QED) is 0.798. The van der Waals surface area contributed by atoms with Crippen molar-refractivity contribution in [3.63, 3.8) is 0 Å². The number of hydrogen-bond acceptors (Lipinski definition) is 2. The van der Waals surface area contributed by atoms with Crippen molar-refractivity contribution in [2.75, 3.05) is 0 Å². The first-order chi connectivity index (χ1) is 13.1. The summed E-state index contributed by atoms with van der Waals surface area (Å²) in [5.41, 5.74) is 2.10. The molecule has 4 rings (SSSR count). The van der Waals surface area contributed by atoms with Gasteiger partial charge in [0.1, 0.15) is 0 Å². The average molecular weight is 361 g/mol. The van der Waals surface area contributed by atoms with Crippen molar-refractivity contribution >= 4 is 11.9 Å². The second kappa shape index (κ2) is 7.39. The minimum atomic E-state index is -0.857. The number of aliphatic carboxylic acids is 1. The van der Waals surface area contributed by atoms with Crippen LogP contribution in [0, 0.1) is 23.7 Å². The van der Waals surface area contributed by atoms with Gasteiger partial charge in [-0.05, 0) is 29.4 Å². The van der Waals surface area contributed by atoms with Gasteiger partial charge in [-0.2, -0.15) is 0 Å². The molecule has 0 aromatic heterocycles. The van der Waals surface area contributed by atoms with Crippen LogP contribution in [0.1, 0.15) is 17.5 Å². The Hall–Kier alpha value is -2.88. The topological polar surface area (TPSA) is 57.6 Å². The Morgan fingerprint density at radius 1 is 0.815 bits per heavy atom. The first-order valence-corrected chi connectivity index (χ1v) is 9.41. The van der Waals surface area contributed by atoms with Gasteiger partial charge < -0.3 is 10.0 Å². The fourth-order valence-corrected chi connectivity index (χ4v) is 4.53. The molecule has 4 heteroatoms. The smallest absolute Gasteiger partial charge is 0.307 e. The van der Waals surface area contributed by atoms with E-state index in [1.807, 2.05) is 77.7 Å². The maximum atomic E-state index is 13.5. The monoisotopic (exact) mass is 361 g/mol. The fourth-order valence-electron chi connectivity index (χ4n) is 4.53. The molecule has 0 heterocycles. The minimum Gasteiger partial charge on any atom is -0.481 e. The van der Waals surface area contributed by atoms with Crippen molar-refractivity contribution in [1.82, 2.24) is 4.90 Å². The van der Waals surface area contributed by atoms with Crippen molar-refractivity contribution in [3.05, 3.63) is 83.9 Å². The Balaban J connectivity index is 1.62. The lowest BCUT2D eigenvalue weighted by atomic mass is 9.82. The predicted octanol–water partition coefficient (Wildman–Crippen LogP) is 3.74. The van der Waals surface area contributed by atoms with Gasteiger partial charge in [0.25, 0.3) is 0 Å². The molecule has 0 unspecified atom stereocenters. The van der Waals surface area contributed by atoms with Crippen LogP contribution < -0.4 is 0 Å². The van der Waals surface area contributed by atoms with Crippen LogP contribution in [0.5, 0.6) is 0 Å². The first-order valence-electron chi connectivity index (χ1n) is 9.41. The lowest BCUT2D eigenvalue weighted by Gasteiger charge is -2.31. The molecule has 1 fully saturated rings. The zero-order valence-corrected chi connectivity index (χ0v) is 15.1. The highest BCUT2D eigenvalue weighted by Crippen LogP contribution is 2.49. The summed E-state index contributed by atoms with van der Waals surface area (Å²) in [5, 5.41) is 9.71. The largest absolute Gasteiger partial charge is 0.481 e. The van der Waals surface area contributed by atoms with Crippen LogP contribution in [0.15, 0.2) is 72.8 Å². The molecule has 2 bridgehead atoms. The summed E-state index contributed by atoms with van der Waals surface area (Å²) in [6.45, 7) is 0.969. The van der Waals surface area contributed by atoms with Gasteiger partial charge in [0.2, 0.25) is 5.91 Å². The van der Waals surface area contributed by atoms with Crippen LogP contribution in [0.4, 0.5) is 0 Å². The molecule has 0 aliphatic heterocycles. The molecule has 27 heavy (non-hydrogen) atoms. The average Bonchev–Trinajstić information content (AvgIpc) is 3.30. The summed E-state index contributed by atoms with van der Waals surface area (Å²) in [5.74, 6) is -1.96. The molecule has 2 aliphatic carbocycles. The van der Waals surface area contributed by atoms with Gasteiger partial charge in [-0.15, -0.1) is 0 Å². The molecule has 4 atom stereocenters. The van der Waals surface area contributed by atoms with E-state index in [0.29, 0.717) is 13.1 Å². The van der Waals surface area contributed by atoms with Gasteiger partial charge in [0, 0.05) is 13.1 Å². The molecule has 0 radical (unpaired) electrons. The third-order valence-corrected chi connectivity index (χ3v) is 5.77. The predicted molar refractivity (Wildman–Crippen MR) is 102 cm³/mol. The van der Waals surface area contributed by atoms with E-state index in [4.69, 9.17) is 0 Å². The second-order valence-electron chi connectivity index (χ2n) is 7.50. The zero-order valence-electron chi connectivity index (χ0n) is 15.1. The fraction of sp³-hybridized carbons (Fsp3) is 0.304. The number of benzene rings is 2. The summed E-state index contributed by atoms with van der Waals surface area (Å²) in [6, 6.07) is 19.7. The second-order valence-corrected chi connectivity index (χ2v) is 7.50. The molecule has 2 aromatic carbocycles. The van der Waals surface area contributed by atoms with E-state index in [1.165, 1.54) is 0 Å². The van der Waals surface area contributed by atoms with Crippen molar-refractivity contribution in [3.8, 4) is 0 Å². The summed E-state index contributed by atoms with van der Waals surface area (Å²) in [6.07, 6.45) is 4.79. The number of rotatable bonds is 6. The zero-order chi connectivity index (χ0) is 18.8. The summed E-state index contributed by atoms with van der Waals surface area (Å²) >= 11 is 0. The third-order valence-electron chi connectivity index (χ3n) is 5.77. The van der Waals surface area contributed by atoms with Crippen molar-refractivity contribution in [1.29, 1.82) is 0 Å². The number of fused-ring (bicyclic) bond motifs is 2. The van der Waals surface area contributed by atoms with Gasteiger partial charge in [-0.1, -0.05) is 72.8 Å². The van der Waals surface area contributed by atoms with E-state index in [2.05, 4.69) is 0 Å². The highest BCUT2D eigenvalue weighted by Gasteiger charge is 2.52. The maximum Gasteiger partial charge on any atom is 0.307 e. The number of amides is 1. The Morgan fingerprint density at radius 3 is 1.78 bits per heavy atom. The number of carbonyl (C=O) groups excluding carboxylic acids is 1. The van der Waals surface area contributed by atoms with Crippen molar-refractivity contribution in [2.45, 2.75) is 19.5 Å². The van der Waals surface area contributed by atoms with Crippen LogP contribution in [-0.4, -0.2) is 21.9 Å². The summed E-state index contributed by atoms with van der Waals surface area (Å²) < 4.78 is 0. The lowest BCUT2D eigenvalue weighted by Crippen LogP contribution is -2.42. The Morgan fingerprint density at radius 2 is 1.30 bits per heavy atom. The molecular weight excluding hydrogens is 338 g/mol. The van der Waals surface area contributed by atoms with Crippen molar-refractivity contribution < 1.29 is 14.7 Å². The van der Waals surface area contributed by atoms with E-state index < -0.39 is 17.8 Å². The molecule has 4 nitrogen and oxygen atoms in total. The number of hydrogen-bond donors (Lipinski definition) is 1. The highest BCUT2D eigenvalue weighted by molar-refractivity contribution is 5.87. The van der Waals surface area contributed by atoms with Crippen LogP contribution in [0.25, 0.3) is 0 Å². The van der Waals surface area contributed by atoms with E-state index in [-0.39, 0.29) is 17.7 Å². The Kier molecular flexibility index (Phi) is 4.80. The molecule has 1 amide bonds. The minimum absolute atomic E-state index is 0.0169. The number of carbonyl (C=O) groups is 2. The van der Waals surface area contributed by atoms with Gasteiger partial charge in [0.05, 0.1) is 11.8 Å². The van der Waals surface area contributed by atoms with Gasteiger partial charge in [0.15, 0.2) is 0 Å². The Labute approximate surface area is 159 Å². The summed E-state index contributed by atoms with van der Waals surface area (Å²) in [7, 11) is 0. The number of carboxylic acid groups (broad SMARTS) is 1. The molecule has 0 saturated heterocycles. The van der Waals surface area contributed by atoms with Crippen LogP contribution >= 0.6 is 0 Å². The molecule has 2 aliphatic rings. The van der Waals surface area contributed by atoms with E-state index in [9.17, 15) is 14.7 Å². The SMILES string of the molecule is O=C(O)[C@H]1[C@H](C(=O)N(Cc2ccccc2)Cc2ccccc2)[C@H]2C=C[C@@H]1C2. The number of allylic oxidation sites excluding steroid dienone is 2. The van der Waals surface area contributed by atoms with E-state index in [1.54, 1.807) is 0 Å². The van der Waals surface area contributed by atoms with Crippen molar-refractivity contribution in [2.24, 2.45) is 23.7 Å². The lowest BCUT2D eigenvalue weighted by molar-refractivity contribution is -0.151. The van der Waals surface area contributed by atoms with Crippen LogP contribution in [-0.2, 0) is 22.7 Å².